The van der Waals surface area contributed by atoms with E-state index in [0.29, 0.717) is 0 Å². The minimum absolute atomic E-state index is 0.988. The summed E-state index contributed by atoms with van der Waals surface area (Å²) in [4.78, 5) is 0. The molecule has 0 aliphatic rings. The van der Waals surface area contributed by atoms with Gasteiger partial charge >= 0.3 is 0 Å². The topological polar surface area (TPSA) is 23.9 Å². The second-order valence-electron chi connectivity index (χ2n) is 2.23. The number of hydrogen-bond donors (Lipinski definition) is 2. The summed E-state index contributed by atoms with van der Waals surface area (Å²) in [6.45, 7) is 0. The van der Waals surface area contributed by atoms with Gasteiger partial charge in [0.1, 0.15) is 0 Å². The molecular weight excluding hydrogens is 154 g/mol. The van der Waals surface area contributed by atoms with Crippen molar-refractivity contribution in [1.82, 2.24) is 0 Å². The number of isothiocyanates is 1. The van der Waals surface area contributed by atoms with Crippen LogP contribution in [0.2, 0.25) is 0 Å². The smallest absolute Gasteiger partial charge is 0.00551 e. The van der Waals surface area contributed by atoms with Gasteiger partial charge in [-0.25, -0.2) is 0 Å². The maximum Gasteiger partial charge on any atom is 0.00551 e. The molecule has 0 saturated carbocycles. The van der Waals surface area contributed by atoms with Crippen molar-refractivity contribution >= 4 is 16.5 Å². The number of hydrogen-bond acceptors (Lipinski definition) is 1. The molecule has 0 saturated heterocycles. The minimum atomic E-state index is 0.988. The Kier molecular flexibility index (Phi) is 3.67. The summed E-state index contributed by atoms with van der Waals surface area (Å²) in [6, 6.07) is 10.3. The van der Waals surface area contributed by atoms with Crippen LogP contribution in [0.5, 0.6) is 0 Å². The summed E-state index contributed by atoms with van der Waals surface area (Å²) >= 11 is 0.988. The highest BCUT2D eigenvalue weighted by atomic mass is 32.1. The van der Waals surface area contributed by atoms with Crippen molar-refractivity contribution in [2.24, 2.45) is 0 Å². The molecule has 0 heterocycles. The Balaban J connectivity index is 2.45. The first-order chi connectivity index (χ1) is 5.43. The number of benzene rings is 1. The summed E-state index contributed by atoms with van der Waals surface area (Å²) in [6.07, 6.45) is 1.05. The minimum Gasteiger partial charge on any atom is -0.253 e. The molecule has 1 aromatic rings. The van der Waals surface area contributed by atoms with E-state index in [2.05, 4.69) is 17.3 Å². The van der Waals surface area contributed by atoms with Crippen LogP contribution in [0, 0.1) is 5.41 Å². The van der Waals surface area contributed by atoms with Gasteiger partial charge in [0.15, 0.2) is 0 Å². The summed E-state index contributed by atoms with van der Waals surface area (Å²) in [5.74, 6) is 1.01. The van der Waals surface area contributed by atoms with E-state index in [-0.39, 0.29) is 0 Å². The third-order valence-corrected chi connectivity index (χ3v) is 2.04. The van der Waals surface area contributed by atoms with E-state index in [9.17, 15) is 0 Å². The third kappa shape index (κ3) is 3.17. The molecule has 0 bridgehead atoms. The lowest BCUT2D eigenvalue weighted by atomic mass is 10.2. The molecule has 58 valence electrons. The van der Waals surface area contributed by atoms with Crippen molar-refractivity contribution in [2.45, 2.75) is 6.42 Å². The van der Waals surface area contributed by atoms with E-state index >= 15 is 0 Å². The zero-order chi connectivity index (χ0) is 7.94. The zero-order valence-electron chi connectivity index (χ0n) is 6.25. The Morgan fingerprint density at radius 3 is 2.64 bits per heavy atom. The van der Waals surface area contributed by atoms with Gasteiger partial charge in [0.2, 0.25) is 0 Å². The number of nitrogens with one attached hydrogen (secondary N) is 1. The van der Waals surface area contributed by atoms with Gasteiger partial charge in [-0.15, -0.1) is 11.4 Å². The first-order valence-electron chi connectivity index (χ1n) is 3.55. The largest absolute Gasteiger partial charge is 0.253 e. The Hall–Kier alpha value is -0.850. The zero-order valence-corrected chi connectivity index (χ0v) is 7.14. The van der Waals surface area contributed by atoms with Crippen molar-refractivity contribution in [2.75, 3.05) is 5.75 Å². The second kappa shape index (κ2) is 4.89. The lowest BCUT2D eigenvalue weighted by Crippen LogP contribution is -1.84. The standard InChI is InChI=1S/C9H11NS/c10-8-11-7-6-9-4-2-1-3-5-9/h1-5,10-11H,6-7H2. The molecule has 1 N–H and O–H groups in total. The molecule has 1 rings (SSSR count). The molecule has 0 aromatic heterocycles. The molecule has 0 fully saturated rings. The molecule has 0 atom stereocenters. The first-order valence-corrected chi connectivity index (χ1v) is 4.63. The quantitative estimate of drug-likeness (QED) is 0.390. The van der Waals surface area contributed by atoms with Gasteiger partial charge in [-0.3, -0.25) is 5.41 Å². The lowest BCUT2D eigenvalue weighted by Gasteiger charge is -1.94. The summed E-state index contributed by atoms with van der Waals surface area (Å²) in [5.41, 5.74) is 1.34. The third-order valence-electron chi connectivity index (χ3n) is 1.43. The highest BCUT2D eigenvalue weighted by molar-refractivity contribution is 7.96. The molecule has 0 amide bonds. The average molecular weight is 165 g/mol. The highest BCUT2D eigenvalue weighted by Crippen LogP contribution is 2.00. The van der Waals surface area contributed by atoms with Crippen molar-refractivity contribution < 1.29 is 0 Å². The molecule has 11 heavy (non-hydrogen) atoms. The lowest BCUT2D eigenvalue weighted by molar-refractivity contribution is 1.16. The summed E-state index contributed by atoms with van der Waals surface area (Å²) < 4.78 is 0. The van der Waals surface area contributed by atoms with Crippen LogP contribution in [0.1, 0.15) is 5.56 Å². The van der Waals surface area contributed by atoms with Gasteiger partial charge in [-0.05, 0) is 17.7 Å². The molecule has 2 heteroatoms. The molecule has 1 aromatic carbocycles. The van der Waals surface area contributed by atoms with Gasteiger partial charge in [0.25, 0.3) is 0 Å². The van der Waals surface area contributed by atoms with Crippen LogP contribution in [0.15, 0.2) is 30.3 Å². The van der Waals surface area contributed by atoms with Crippen LogP contribution in [-0.4, -0.2) is 10.9 Å². The molecule has 1 nitrogen and oxygen atoms in total. The number of rotatable bonds is 3. The van der Waals surface area contributed by atoms with Gasteiger partial charge in [0, 0.05) is 5.16 Å². The first kappa shape index (κ1) is 8.25. The maximum absolute atomic E-state index is 6.71. The molecule has 0 spiro atoms. The Morgan fingerprint density at radius 1 is 1.27 bits per heavy atom. The highest BCUT2D eigenvalue weighted by Gasteiger charge is 1.86. The normalized spacial score (nSPS) is 9.09. The molecule has 0 aliphatic carbocycles. The van der Waals surface area contributed by atoms with E-state index in [1.54, 1.807) is 0 Å². The Bertz CT molecular complexity index is 250. The van der Waals surface area contributed by atoms with Crippen LogP contribution in [0.4, 0.5) is 0 Å². The summed E-state index contributed by atoms with van der Waals surface area (Å²) in [7, 11) is 0. The van der Waals surface area contributed by atoms with Crippen molar-refractivity contribution in [3.63, 3.8) is 0 Å². The van der Waals surface area contributed by atoms with E-state index in [1.807, 2.05) is 18.2 Å². The molecule has 0 radical (unpaired) electrons. The second-order valence-corrected chi connectivity index (χ2v) is 3.22. The molecular formula is C9H11NS. The van der Waals surface area contributed by atoms with Crippen molar-refractivity contribution in [3.8, 4) is 0 Å². The van der Waals surface area contributed by atoms with Crippen molar-refractivity contribution in [1.29, 1.82) is 5.41 Å². The van der Waals surface area contributed by atoms with Crippen LogP contribution in [-0.2, 0) is 6.42 Å². The fraction of sp³-hybridized carbons (Fsp3) is 0.222. The predicted molar refractivity (Wildman–Crippen MR) is 51.7 cm³/mol. The number of thiol groups is 1. The van der Waals surface area contributed by atoms with Crippen molar-refractivity contribution in [3.05, 3.63) is 35.9 Å². The van der Waals surface area contributed by atoms with E-state index < -0.39 is 0 Å². The number of aryl methyl sites for hydroxylation is 1. The molecule has 0 unspecified atom stereocenters. The predicted octanol–water partition coefficient (Wildman–Crippen LogP) is 2.18. The molecule has 0 aliphatic heterocycles. The maximum atomic E-state index is 6.71. The Morgan fingerprint density at radius 2 is 2.00 bits per heavy atom. The van der Waals surface area contributed by atoms with Gasteiger partial charge in [-0.2, -0.15) is 0 Å². The summed E-state index contributed by atoms with van der Waals surface area (Å²) in [5, 5.41) is 9.07. The van der Waals surface area contributed by atoms with Crippen LogP contribution >= 0.6 is 11.4 Å². The van der Waals surface area contributed by atoms with E-state index in [0.717, 1.165) is 23.5 Å². The fourth-order valence-electron chi connectivity index (χ4n) is 0.886. The van der Waals surface area contributed by atoms with Gasteiger partial charge in [-0.1, -0.05) is 30.3 Å². The Labute approximate surface area is 70.5 Å². The van der Waals surface area contributed by atoms with E-state index in [4.69, 9.17) is 5.41 Å². The van der Waals surface area contributed by atoms with Crippen LogP contribution in [0.3, 0.4) is 0 Å². The van der Waals surface area contributed by atoms with E-state index in [1.165, 1.54) is 5.56 Å². The SMILES string of the molecule is N=C=[SH]CCc1ccccc1. The van der Waals surface area contributed by atoms with Gasteiger partial charge < -0.3 is 0 Å². The average Bonchev–Trinajstić information content (AvgIpc) is 2.07. The van der Waals surface area contributed by atoms with Gasteiger partial charge in [0.05, 0.1) is 0 Å². The van der Waals surface area contributed by atoms with Crippen LogP contribution < -0.4 is 0 Å². The fourth-order valence-corrected chi connectivity index (χ4v) is 1.37. The monoisotopic (exact) mass is 165 g/mol. The van der Waals surface area contributed by atoms with Crippen LogP contribution in [0.25, 0.3) is 0 Å².